The molecule has 1 aromatic carbocycles. The summed E-state index contributed by atoms with van der Waals surface area (Å²) in [4.78, 5) is 29.5. The fourth-order valence-electron chi connectivity index (χ4n) is 3.89. The molecule has 1 aromatic rings. The molecule has 26 heavy (non-hydrogen) atoms. The number of nitrogens with one attached hydrogen (secondary N) is 1. The maximum Gasteiger partial charge on any atom is 0.227 e. The molecule has 2 fully saturated rings. The van der Waals surface area contributed by atoms with Gasteiger partial charge in [-0.05, 0) is 63.4 Å². The van der Waals surface area contributed by atoms with Gasteiger partial charge in [0, 0.05) is 48.7 Å². The summed E-state index contributed by atoms with van der Waals surface area (Å²) in [6.07, 6.45) is 3.18. The molecule has 1 heterocycles. The summed E-state index contributed by atoms with van der Waals surface area (Å²) in [5, 5.41) is 3.69. The van der Waals surface area contributed by atoms with Crippen molar-refractivity contribution in [1.29, 1.82) is 0 Å². The molecule has 1 aliphatic carbocycles. The molecule has 0 radical (unpaired) electrons. The van der Waals surface area contributed by atoms with Crippen molar-refractivity contribution < 1.29 is 9.59 Å². The van der Waals surface area contributed by atoms with Crippen LogP contribution in [0.25, 0.3) is 0 Å². The zero-order valence-corrected chi connectivity index (χ0v) is 16.4. The molecule has 0 atom stereocenters. The molecule has 1 saturated carbocycles. The zero-order chi connectivity index (χ0) is 18.7. The molecule has 5 nitrogen and oxygen atoms in total. The summed E-state index contributed by atoms with van der Waals surface area (Å²) in [5.41, 5.74) is 1.78. The number of carbonyl (C=O) groups excluding carboxylic acids is 2. The van der Waals surface area contributed by atoms with Gasteiger partial charge in [0.1, 0.15) is 0 Å². The van der Waals surface area contributed by atoms with Gasteiger partial charge in [-0.2, -0.15) is 0 Å². The second-order valence-electron chi connectivity index (χ2n) is 7.63. The van der Waals surface area contributed by atoms with Crippen LogP contribution in [-0.2, 0) is 9.59 Å². The maximum absolute atomic E-state index is 12.7. The Labute approximate surface area is 160 Å². The second-order valence-corrected chi connectivity index (χ2v) is 8.06. The van der Waals surface area contributed by atoms with Crippen LogP contribution >= 0.6 is 11.6 Å². The molecule has 6 heteroatoms. The third kappa shape index (κ3) is 4.57. The second kappa shape index (κ2) is 8.40. The summed E-state index contributed by atoms with van der Waals surface area (Å²) in [6, 6.07) is 5.48. The SMILES string of the molecule is Cc1cc(Cl)ccc1NC(=O)C1CCC(C(=O)N2CCN(C)CC2)CC1. The Morgan fingerprint density at radius 2 is 1.65 bits per heavy atom. The number of benzene rings is 1. The largest absolute Gasteiger partial charge is 0.340 e. The van der Waals surface area contributed by atoms with Crippen molar-refractivity contribution in [1.82, 2.24) is 9.80 Å². The van der Waals surface area contributed by atoms with Crippen LogP contribution < -0.4 is 5.32 Å². The van der Waals surface area contributed by atoms with Crippen molar-refractivity contribution in [2.24, 2.45) is 11.8 Å². The topological polar surface area (TPSA) is 52.7 Å². The first kappa shape index (κ1) is 19.2. The fourth-order valence-corrected chi connectivity index (χ4v) is 4.12. The monoisotopic (exact) mass is 377 g/mol. The Balaban J connectivity index is 1.50. The Bertz CT molecular complexity index is 663. The van der Waals surface area contributed by atoms with Gasteiger partial charge >= 0.3 is 0 Å². The van der Waals surface area contributed by atoms with Crippen molar-refractivity contribution in [3.63, 3.8) is 0 Å². The predicted molar refractivity (Wildman–Crippen MR) is 104 cm³/mol. The minimum atomic E-state index is -0.0124. The minimum absolute atomic E-state index is 0.0124. The first-order chi connectivity index (χ1) is 12.4. The molecule has 0 bridgehead atoms. The standard InChI is InChI=1S/C20H28ClN3O2/c1-14-13-17(21)7-8-18(14)22-19(25)15-3-5-16(6-4-15)20(26)24-11-9-23(2)10-12-24/h7-8,13,15-16H,3-6,9-12H2,1-2H3,(H,22,25). The number of aryl methyl sites for hydroxylation is 1. The van der Waals surface area contributed by atoms with Gasteiger partial charge in [-0.3, -0.25) is 9.59 Å². The van der Waals surface area contributed by atoms with Crippen LogP contribution in [0, 0.1) is 18.8 Å². The van der Waals surface area contributed by atoms with Gasteiger partial charge < -0.3 is 15.1 Å². The Kier molecular flexibility index (Phi) is 6.20. The van der Waals surface area contributed by atoms with E-state index >= 15 is 0 Å². The molecular formula is C20H28ClN3O2. The molecule has 3 rings (SSSR count). The zero-order valence-electron chi connectivity index (χ0n) is 15.6. The number of halogens is 1. The minimum Gasteiger partial charge on any atom is -0.340 e. The number of piperazine rings is 1. The van der Waals surface area contributed by atoms with Crippen LogP contribution in [0.1, 0.15) is 31.2 Å². The molecule has 1 saturated heterocycles. The molecule has 2 aliphatic rings. The predicted octanol–water partition coefficient (Wildman–Crippen LogP) is 3.17. The number of nitrogens with zero attached hydrogens (tertiary/aromatic N) is 2. The smallest absolute Gasteiger partial charge is 0.227 e. The lowest BCUT2D eigenvalue weighted by Gasteiger charge is -2.36. The molecule has 1 aliphatic heterocycles. The third-order valence-corrected chi connectivity index (χ3v) is 5.94. The highest BCUT2D eigenvalue weighted by Gasteiger charge is 2.33. The number of hydrogen-bond donors (Lipinski definition) is 1. The van der Waals surface area contributed by atoms with E-state index in [1.54, 1.807) is 6.07 Å². The van der Waals surface area contributed by atoms with Crippen molar-refractivity contribution in [3.05, 3.63) is 28.8 Å². The highest BCUT2D eigenvalue weighted by Crippen LogP contribution is 2.31. The number of likely N-dealkylation sites (N-methyl/N-ethyl adjacent to an activating group) is 1. The van der Waals surface area contributed by atoms with Gasteiger partial charge in [0.15, 0.2) is 0 Å². The number of carbonyl (C=O) groups is 2. The van der Waals surface area contributed by atoms with Gasteiger partial charge in [-0.25, -0.2) is 0 Å². The van der Waals surface area contributed by atoms with Gasteiger partial charge in [0.25, 0.3) is 0 Å². The van der Waals surface area contributed by atoms with Gasteiger partial charge in [-0.15, -0.1) is 0 Å². The molecule has 0 aromatic heterocycles. The van der Waals surface area contributed by atoms with Crippen LogP contribution in [0.2, 0.25) is 5.02 Å². The average molecular weight is 378 g/mol. The van der Waals surface area contributed by atoms with Crippen LogP contribution in [0.15, 0.2) is 18.2 Å². The lowest BCUT2D eigenvalue weighted by atomic mass is 9.80. The average Bonchev–Trinajstić information content (AvgIpc) is 2.64. The normalized spacial score (nSPS) is 24.3. The Hall–Kier alpha value is -1.59. The van der Waals surface area contributed by atoms with E-state index < -0.39 is 0 Å². The lowest BCUT2D eigenvalue weighted by Crippen LogP contribution is -2.49. The molecule has 0 spiro atoms. The first-order valence-electron chi connectivity index (χ1n) is 9.48. The van der Waals surface area contributed by atoms with Crippen LogP contribution in [0.4, 0.5) is 5.69 Å². The van der Waals surface area contributed by atoms with E-state index in [9.17, 15) is 9.59 Å². The van der Waals surface area contributed by atoms with Gasteiger partial charge in [-0.1, -0.05) is 11.6 Å². The van der Waals surface area contributed by atoms with Gasteiger partial charge in [0.05, 0.1) is 0 Å². The highest BCUT2D eigenvalue weighted by molar-refractivity contribution is 6.30. The van der Waals surface area contributed by atoms with Crippen LogP contribution in [0.5, 0.6) is 0 Å². The fraction of sp³-hybridized carbons (Fsp3) is 0.600. The van der Waals surface area contributed by atoms with Crippen molar-refractivity contribution in [2.75, 3.05) is 38.5 Å². The van der Waals surface area contributed by atoms with E-state index in [0.717, 1.165) is 63.1 Å². The van der Waals surface area contributed by atoms with Crippen molar-refractivity contribution >= 4 is 29.1 Å². The van der Waals surface area contributed by atoms with E-state index in [1.165, 1.54) is 0 Å². The third-order valence-electron chi connectivity index (χ3n) is 5.71. The van der Waals surface area contributed by atoms with E-state index in [2.05, 4.69) is 17.3 Å². The molecular weight excluding hydrogens is 350 g/mol. The quantitative estimate of drug-likeness (QED) is 0.880. The highest BCUT2D eigenvalue weighted by atomic mass is 35.5. The summed E-state index contributed by atoms with van der Waals surface area (Å²) in [7, 11) is 2.09. The van der Waals surface area contributed by atoms with E-state index in [-0.39, 0.29) is 23.7 Å². The summed E-state index contributed by atoms with van der Waals surface area (Å²) < 4.78 is 0. The van der Waals surface area contributed by atoms with Crippen LogP contribution in [-0.4, -0.2) is 54.8 Å². The molecule has 0 unspecified atom stereocenters. The van der Waals surface area contributed by atoms with E-state index in [4.69, 9.17) is 11.6 Å². The van der Waals surface area contributed by atoms with E-state index in [1.807, 2.05) is 24.0 Å². The van der Waals surface area contributed by atoms with Crippen molar-refractivity contribution in [2.45, 2.75) is 32.6 Å². The number of anilines is 1. The summed E-state index contributed by atoms with van der Waals surface area (Å²) in [5.74, 6) is 0.410. The Morgan fingerprint density at radius 3 is 2.27 bits per heavy atom. The molecule has 2 amide bonds. The van der Waals surface area contributed by atoms with Gasteiger partial charge in [0.2, 0.25) is 11.8 Å². The first-order valence-corrected chi connectivity index (χ1v) is 9.86. The lowest BCUT2D eigenvalue weighted by molar-refractivity contribution is -0.139. The molecule has 142 valence electrons. The maximum atomic E-state index is 12.7. The summed E-state index contributed by atoms with van der Waals surface area (Å²) >= 11 is 5.97. The van der Waals surface area contributed by atoms with E-state index in [0.29, 0.717) is 5.02 Å². The van der Waals surface area contributed by atoms with Crippen LogP contribution in [0.3, 0.4) is 0 Å². The number of hydrogen-bond acceptors (Lipinski definition) is 3. The summed E-state index contributed by atoms with van der Waals surface area (Å²) in [6.45, 7) is 5.48. The van der Waals surface area contributed by atoms with Crippen molar-refractivity contribution in [3.8, 4) is 0 Å². The number of amides is 2. The Morgan fingerprint density at radius 1 is 1.04 bits per heavy atom. The number of rotatable bonds is 3. The molecule has 1 N–H and O–H groups in total.